The Morgan fingerprint density at radius 1 is 0.667 bits per heavy atom. The van der Waals surface area contributed by atoms with E-state index in [0.717, 1.165) is 11.1 Å². The number of aromatic hydroxyl groups is 2. The molecular formula is C34H32O5. The molecule has 5 nitrogen and oxygen atoms in total. The van der Waals surface area contributed by atoms with Crippen LogP contribution in [-0.4, -0.2) is 26.9 Å². The highest BCUT2D eigenvalue weighted by Crippen LogP contribution is 2.47. The van der Waals surface area contributed by atoms with Gasteiger partial charge in [0.1, 0.15) is 17.3 Å². The molecule has 198 valence electrons. The molecule has 0 aliphatic heterocycles. The molecule has 0 spiro atoms. The predicted octanol–water partition coefficient (Wildman–Crippen LogP) is 7.48. The molecule has 5 heteroatoms. The fraction of sp³-hybridized carbons (Fsp3) is 0.176. The molecule has 0 bridgehead atoms. The van der Waals surface area contributed by atoms with Crippen LogP contribution in [0.3, 0.4) is 0 Å². The zero-order chi connectivity index (χ0) is 28.3. The molecule has 0 fully saturated rings. The predicted molar refractivity (Wildman–Crippen MR) is 156 cm³/mol. The Kier molecular flexibility index (Phi) is 8.01. The van der Waals surface area contributed by atoms with E-state index in [0.29, 0.717) is 5.56 Å². The number of carbonyl (C=O) groups excluding carboxylic acids is 2. The summed E-state index contributed by atoms with van der Waals surface area (Å²) in [5, 5.41) is 34.0. The van der Waals surface area contributed by atoms with Crippen molar-refractivity contribution in [3.8, 4) is 11.5 Å². The van der Waals surface area contributed by atoms with E-state index in [1.165, 1.54) is 12.1 Å². The second kappa shape index (κ2) is 11.4. The van der Waals surface area contributed by atoms with Crippen molar-refractivity contribution in [3.05, 3.63) is 118 Å². The number of benzene rings is 3. The standard InChI is InChI=1S/C34H32O5/c1-20(2)27-26(35)19-24(17-15-22-11-7-5-8-12-22)29(32(27)37)30-25(18-16-23-13-9-6-10-14-23)31(36)34(39)28(21(3)4)33(30)38/h5-21,35,37-38H,1-4H3/b17-15+,18-16+. The summed E-state index contributed by atoms with van der Waals surface area (Å²) in [5.41, 5.74) is 2.53. The molecule has 0 saturated carbocycles. The first-order valence-electron chi connectivity index (χ1n) is 12.9. The molecule has 0 saturated heterocycles. The van der Waals surface area contributed by atoms with Gasteiger partial charge in [-0.15, -0.1) is 0 Å². The monoisotopic (exact) mass is 520 g/mol. The maximum Gasteiger partial charge on any atom is 0.234 e. The van der Waals surface area contributed by atoms with Gasteiger partial charge in [-0.1, -0.05) is 107 Å². The minimum atomic E-state index is -0.775. The molecule has 1 aliphatic carbocycles. The largest absolute Gasteiger partial charge is 0.507 e. The van der Waals surface area contributed by atoms with Crippen LogP contribution >= 0.6 is 0 Å². The van der Waals surface area contributed by atoms with Crippen LogP contribution < -0.4 is 0 Å². The van der Waals surface area contributed by atoms with Gasteiger partial charge in [-0.2, -0.15) is 0 Å². The molecule has 3 N–H and O–H groups in total. The minimum absolute atomic E-state index is 0.0107. The molecule has 0 aromatic heterocycles. The fourth-order valence-corrected chi connectivity index (χ4v) is 4.82. The number of rotatable bonds is 7. The van der Waals surface area contributed by atoms with Gasteiger partial charge in [0.05, 0.1) is 0 Å². The van der Waals surface area contributed by atoms with Gasteiger partial charge in [0.15, 0.2) is 0 Å². The second-order valence-electron chi connectivity index (χ2n) is 10.1. The summed E-state index contributed by atoms with van der Waals surface area (Å²) in [5.74, 6) is -2.97. The molecule has 0 atom stereocenters. The number of carbonyl (C=O) groups is 2. The van der Waals surface area contributed by atoms with Gasteiger partial charge >= 0.3 is 0 Å². The van der Waals surface area contributed by atoms with Crippen LogP contribution in [0.5, 0.6) is 11.5 Å². The highest BCUT2D eigenvalue weighted by atomic mass is 16.3. The summed E-state index contributed by atoms with van der Waals surface area (Å²) >= 11 is 0. The Balaban J connectivity index is 2.09. The van der Waals surface area contributed by atoms with E-state index in [1.54, 1.807) is 26.0 Å². The van der Waals surface area contributed by atoms with Gasteiger partial charge in [-0.05, 0) is 40.7 Å². The normalized spacial score (nSPS) is 14.6. The zero-order valence-corrected chi connectivity index (χ0v) is 22.5. The quantitative estimate of drug-likeness (QED) is 0.171. The number of phenols is 2. The molecule has 4 rings (SSSR count). The lowest BCUT2D eigenvalue weighted by molar-refractivity contribution is -0.132. The van der Waals surface area contributed by atoms with E-state index in [9.17, 15) is 24.9 Å². The molecule has 3 aromatic carbocycles. The minimum Gasteiger partial charge on any atom is -0.507 e. The third-order valence-electron chi connectivity index (χ3n) is 6.71. The zero-order valence-electron chi connectivity index (χ0n) is 22.5. The number of allylic oxidation sites excluding steroid dienone is 4. The van der Waals surface area contributed by atoms with Gasteiger partial charge in [0, 0.05) is 27.8 Å². The van der Waals surface area contributed by atoms with E-state index in [-0.39, 0.29) is 51.0 Å². The summed E-state index contributed by atoms with van der Waals surface area (Å²) in [6.45, 7) is 7.11. The molecule has 39 heavy (non-hydrogen) atoms. The lowest BCUT2D eigenvalue weighted by atomic mass is 9.78. The van der Waals surface area contributed by atoms with Crippen LogP contribution in [0.2, 0.25) is 0 Å². The van der Waals surface area contributed by atoms with E-state index in [2.05, 4.69) is 0 Å². The van der Waals surface area contributed by atoms with Crippen molar-refractivity contribution >= 4 is 35.4 Å². The van der Waals surface area contributed by atoms with E-state index in [1.807, 2.05) is 80.6 Å². The van der Waals surface area contributed by atoms with Gasteiger partial charge in [0.2, 0.25) is 11.6 Å². The Morgan fingerprint density at radius 2 is 1.21 bits per heavy atom. The Morgan fingerprint density at radius 3 is 1.72 bits per heavy atom. The molecular weight excluding hydrogens is 488 g/mol. The third-order valence-corrected chi connectivity index (χ3v) is 6.71. The first kappa shape index (κ1) is 27.4. The first-order chi connectivity index (χ1) is 18.6. The number of Topliss-reactive ketones (excluding diaryl/α,β-unsaturated/α-hetero) is 2. The summed E-state index contributed by atoms with van der Waals surface area (Å²) in [6, 6.07) is 20.3. The topological polar surface area (TPSA) is 94.8 Å². The van der Waals surface area contributed by atoms with Gasteiger partial charge < -0.3 is 15.3 Å². The van der Waals surface area contributed by atoms with Crippen LogP contribution in [0, 0.1) is 5.92 Å². The number of aliphatic hydroxyl groups is 1. The van der Waals surface area contributed by atoms with Gasteiger partial charge in [-0.25, -0.2) is 0 Å². The van der Waals surface area contributed by atoms with Crippen molar-refractivity contribution in [2.24, 2.45) is 5.92 Å². The lowest BCUT2D eigenvalue weighted by Gasteiger charge is -2.25. The molecule has 0 heterocycles. The van der Waals surface area contributed by atoms with Crippen LogP contribution in [-0.2, 0) is 9.59 Å². The molecule has 0 unspecified atom stereocenters. The van der Waals surface area contributed by atoms with Gasteiger partial charge in [-0.3, -0.25) is 9.59 Å². The lowest BCUT2D eigenvalue weighted by Crippen LogP contribution is -2.28. The van der Waals surface area contributed by atoms with Crippen molar-refractivity contribution < 1.29 is 24.9 Å². The molecule has 0 radical (unpaired) electrons. The fourth-order valence-electron chi connectivity index (χ4n) is 4.82. The SMILES string of the molecule is CC(C)C1=C(O)C(c2c(/C=C/c3ccccc3)cc(O)c(C(C)C)c2O)=C(/C=C/c2ccccc2)C(=O)C1=O. The van der Waals surface area contributed by atoms with E-state index >= 15 is 0 Å². The number of hydrogen-bond acceptors (Lipinski definition) is 5. The summed E-state index contributed by atoms with van der Waals surface area (Å²) in [4.78, 5) is 26.7. The summed E-state index contributed by atoms with van der Waals surface area (Å²) in [7, 11) is 0. The van der Waals surface area contributed by atoms with Crippen LogP contribution in [0.4, 0.5) is 0 Å². The highest BCUT2D eigenvalue weighted by molar-refractivity contribution is 6.53. The Hall–Kier alpha value is -4.64. The third kappa shape index (κ3) is 5.48. The highest BCUT2D eigenvalue weighted by Gasteiger charge is 2.38. The average molecular weight is 521 g/mol. The smallest absolute Gasteiger partial charge is 0.234 e. The average Bonchev–Trinajstić information content (AvgIpc) is 2.90. The van der Waals surface area contributed by atoms with E-state index in [4.69, 9.17) is 0 Å². The number of phenolic OH excluding ortho intramolecular Hbond substituents is 2. The van der Waals surface area contributed by atoms with Gasteiger partial charge in [0.25, 0.3) is 0 Å². The molecule has 0 amide bonds. The molecule has 1 aliphatic rings. The second-order valence-corrected chi connectivity index (χ2v) is 10.1. The Bertz CT molecular complexity index is 1540. The van der Waals surface area contributed by atoms with Crippen molar-refractivity contribution in [3.63, 3.8) is 0 Å². The van der Waals surface area contributed by atoms with Crippen LogP contribution in [0.15, 0.2) is 89.7 Å². The maximum absolute atomic E-state index is 13.5. The van der Waals surface area contributed by atoms with Crippen LogP contribution in [0.1, 0.15) is 61.4 Å². The van der Waals surface area contributed by atoms with Crippen LogP contribution in [0.25, 0.3) is 23.8 Å². The van der Waals surface area contributed by atoms with Crippen molar-refractivity contribution in [1.82, 2.24) is 0 Å². The van der Waals surface area contributed by atoms with E-state index < -0.39 is 17.5 Å². The van der Waals surface area contributed by atoms with Crippen molar-refractivity contribution in [2.45, 2.75) is 33.6 Å². The maximum atomic E-state index is 13.5. The van der Waals surface area contributed by atoms with Crippen molar-refractivity contribution in [2.75, 3.05) is 0 Å². The number of ketones is 2. The Labute approximate surface area is 228 Å². The first-order valence-corrected chi connectivity index (χ1v) is 12.9. The summed E-state index contributed by atoms with van der Waals surface area (Å²) < 4.78 is 0. The van der Waals surface area contributed by atoms with Crippen molar-refractivity contribution in [1.29, 1.82) is 0 Å². The summed E-state index contributed by atoms with van der Waals surface area (Å²) in [6.07, 6.45) is 6.72. The number of aliphatic hydroxyl groups excluding tert-OH is 1. The molecule has 3 aromatic rings. The number of hydrogen-bond donors (Lipinski definition) is 3.